The molecule has 0 fully saturated rings. The first-order valence-corrected chi connectivity index (χ1v) is 4.57. The maximum atomic E-state index is 11.5. The van der Waals surface area contributed by atoms with E-state index in [-0.39, 0.29) is 17.1 Å². The zero-order valence-corrected chi connectivity index (χ0v) is 8.23. The number of nitrogens with one attached hydrogen (secondary N) is 1. The van der Waals surface area contributed by atoms with Gasteiger partial charge in [0.25, 0.3) is 5.91 Å². The molecule has 0 aliphatic rings. The average Bonchev–Trinajstić information content (AvgIpc) is 2.18. The highest BCUT2D eigenvalue weighted by atomic mass is 16.3. The zero-order valence-electron chi connectivity index (χ0n) is 8.23. The largest absolute Gasteiger partial charge is 0.507 e. The molecule has 4 nitrogen and oxygen atoms in total. The van der Waals surface area contributed by atoms with Crippen LogP contribution in [0.5, 0.6) is 11.5 Å². The Bertz CT molecular complexity index is 354. The number of carbonyl (C=O) groups is 1. The van der Waals surface area contributed by atoms with Crippen LogP contribution in [0.15, 0.2) is 30.9 Å². The third-order valence-corrected chi connectivity index (χ3v) is 1.88. The predicted molar refractivity (Wildman–Crippen MR) is 56.9 cm³/mol. The maximum Gasteiger partial charge on any atom is 0.258 e. The molecule has 1 amide bonds. The summed E-state index contributed by atoms with van der Waals surface area (Å²) in [6.07, 6.45) is 2.31. The fraction of sp³-hybridized carbons (Fsp3) is 0.182. The van der Waals surface area contributed by atoms with Crippen molar-refractivity contribution in [3.8, 4) is 11.5 Å². The molecule has 0 saturated carbocycles. The van der Waals surface area contributed by atoms with Crippen LogP contribution in [-0.4, -0.2) is 22.7 Å². The normalized spacial score (nSPS) is 9.60. The highest BCUT2D eigenvalue weighted by Gasteiger charge is 2.14. The predicted octanol–water partition coefficient (Wildman–Crippen LogP) is 1.40. The van der Waals surface area contributed by atoms with Crippen molar-refractivity contribution in [2.75, 3.05) is 6.54 Å². The van der Waals surface area contributed by atoms with Gasteiger partial charge in [0.05, 0.1) is 0 Å². The quantitative estimate of drug-likeness (QED) is 0.516. The van der Waals surface area contributed by atoms with Crippen molar-refractivity contribution in [3.05, 3.63) is 36.4 Å². The highest BCUT2D eigenvalue weighted by molar-refractivity contribution is 5.99. The molecule has 15 heavy (non-hydrogen) atoms. The number of carbonyl (C=O) groups excluding carboxylic acids is 1. The van der Waals surface area contributed by atoms with Gasteiger partial charge in [-0.05, 0) is 18.6 Å². The van der Waals surface area contributed by atoms with E-state index < -0.39 is 5.91 Å². The molecular formula is C11H13NO3. The van der Waals surface area contributed by atoms with Crippen LogP contribution in [0, 0.1) is 0 Å². The first-order chi connectivity index (χ1) is 7.16. The second-order valence-electron chi connectivity index (χ2n) is 3.00. The van der Waals surface area contributed by atoms with Crippen molar-refractivity contribution in [2.24, 2.45) is 0 Å². The summed E-state index contributed by atoms with van der Waals surface area (Å²) in [4.78, 5) is 11.5. The molecule has 0 unspecified atom stereocenters. The van der Waals surface area contributed by atoms with Gasteiger partial charge in [0.2, 0.25) is 0 Å². The summed E-state index contributed by atoms with van der Waals surface area (Å²) in [6.45, 7) is 3.94. The lowest BCUT2D eigenvalue weighted by Gasteiger charge is -2.07. The molecule has 1 rings (SSSR count). The second kappa shape index (κ2) is 5.05. The van der Waals surface area contributed by atoms with Gasteiger partial charge in [0.15, 0.2) is 0 Å². The van der Waals surface area contributed by atoms with Gasteiger partial charge in [-0.25, -0.2) is 0 Å². The van der Waals surface area contributed by atoms with E-state index in [1.807, 2.05) is 0 Å². The lowest BCUT2D eigenvalue weighted by molar-refractivity contribution is 0.0949. The summed E-state index contributed by atoms with van der Waals surface area (Å²) in [7, 11) is 0. The smallest absolute Gasteiger partial charge is 0.258 e. The number of benzene rings is 1. The molecule has 80 valence electrons. The van der Waals surface area contributed by atoms with Gasteiger partial charge in [0.1, 0.15) is 17.1 Å². The van der Waals surface area contributed by atoms with Gasteiger partial charge in [0, 0.05) is 6.54 Å². The fourth-order valence-corrected chi connectivity index (χ4v) is 1.14. The number of phenolic OH excluding ortho intramolecular Hbond substituents is 2. The Morgan fingerprint density at radius 2 is 2.00 bits per heavy atom. The molecule has 0 atom stereocenters. The third kappa shape index (κ3) is 2.74. The number of phenols is 2. The van der Waals surface area contributed by atoms with Crippen LogP contribution in [0.3, 0.4) is 0 Å². The van der Waals surface area contributed by atoms with Crippen molar-refractivity contribution in [1.29, 1.82) is 0 Å². The Hall–Kier alpha value is -1.97. The van der Waals surface area contributed by atoms with E-state index in [0.29, 0.717) is 13.0 Å². The van der Waals surface area contributed by atoms with Gasteiger partial charge in [-0.3, -0.25) is 4.79 Å². The molecule has 0 aromatic heterocycles. The standard InChI is InChI=1S/C11H13NO3/c1-2-3-7-12-11(15)10-8(13)5-4-6-9(10)14/h2,4-6,13-14H,1,3,7H2,(H,12,15). The summed E-state index contributed by atoms with van der Waals surface area (Å²) in [6, 6.07) is 4.16. The monoisotopic (exact) mass is 207 g/mol. The van der Waals surface area contributed by atoms with E-state index in [0.717, 1.165) is 0 Å². The van der Waals surface area contributed by atoms with Gasteiger partial charge >= 0.3 is 0 Å². The maximum absolute atomic E-state index is 11.5. The van der Waals surface area contributed by atoms with Crippen LogP contribution in [0.2, 0.25) is 0 Å². The first-order valence-electron chi connectivity index (χ1n) is 4.57. The number of aromatic hydroxyl groups is 2. The molecule has 0 bridgehead atoms. The minimum Gasteiger partial charge on any atom is -0.507 e. The fourth-order valence-electron chi connectivity index (χ4n) is 1.14. The Morgan fingerprint density at radius 1 is 1.40 bits per heavy atom. The van der Waals surface area contributed by atoms with Crippen LogP contribution < -0.4 is 5.32 Å². The van der Waals surface area contributed by atoms with Gasteiger partial charge in [-0.15, -0.1) is 6.58 Å². The Morgan fingerprint density at radius 3 is 2.53 bits per heavy atom. The Balaban J connectivity index is 2.77. The first kappa shape index (κ1) is 11.1. The van der Waals surface area contributed by atoms with Crippen molar-refractivity contribution >= 4 is 5.91 Å². The minimum absolute atomic E-state index is 0.0958. The minimum atomic E-state index is -0.493. The van der Waals surface area contributed by atoms with E-state index in [1.54, 1.807) is 6.08 Å². The molecule has 0 saturated heterocycles. The van der Waals surface area contributed by atoms with Crippen molar-refractivity contribution in [2.45, 2.75) is 6.42 Å². The average molecular weight is 207 g/mol. The molecular weight excluding hydrogens is 194 g/mol. The van der Waals surface area contributed by atoms with E-state index in [2.05, 4.69) is 11.9 Å². The molecule has 1 aromatic rings. The summed E-state index contributed by atoms with van der Waals surface area (Å²) in [5.41, 5.74) is -0.0958. The molecule has 3 N–H and O–H groups in total. The highest BCUT2D eigenvalue weighted by Crippen LogP contribution is 2.25. The number of amides is 1. The summed E-state index contributed by atoms with van der Waals surface area (Å²) in [5.74, 6) is -0.954. The third-order valence-electron chi connectivity index (χ3n) is 1.88. The molecule has 0 spiro atoms. The number of hydrogen-bond donors (Lipinski definition) is 3. The SMILES string of the molecule is C=CCCNC(=O)c1c(O)cccc1O. The molecule has 0 radical (unpaired) electrons. The van der Waals surface area contributed by atoms with E-state index in [9.17, 15) is 15.0 Å². The van der Waals surface area contributed by atoms with Crippen LogP contribution in [0.1, 0.15) is 16.8 Å². The van der Waals surface area contributed by atoms with E-state index in [1.165, 1.54) is 18.2 Å². The Labute approximate surface area is 87.9 Å². The Kier molecular flexibility index (Phi) is 3.74. The van der Waals surface area contributed by atoms with Crippen LogP contribution in [0.25, 0.3) is 0 Å². The van der Waals surface area contributed by atoms with Crippen molar-refractivity contribution < 1.29 is 15.0 Å². The topological polar surface area (TPSA) is 69.6 Å². The van der Waals surface area contributed by atoms with Crippen molar-refractivity contribution in [3.63, 3.8) is 0 Å². The zero-order chi connectivity index (χ0) is 11.3. The van der Waals surface area contributed by atoms with Crippen molar-refractivity contribution in [1.82, 2.24) is 5.32 Å². The molecule has 4 heteroatoms. The summed E-state index contributed by atoms with van der Waals surface area (Å²) >= 11 is 0. The molecule has 1 aromatic carbocycles. The summed E-state index contributed by atoms with van der Waals surface area (Å²) in [5, 5.41) is 21.3. The van der Waals surface area contributed by atoms with Crippen LogP contribution >= 0.6 is 0 Å². The van der Waals surface area contributed by atoms with Gasteiger partial charge in [-0.1, -0.05) is 12.1 Å². The molecule has 0 aliphatic heterocycles. The molecule has 0 heterocycles. The number of rotatable bonds is 4. The van der Waals surface area contributed by atoms with Crippen LogP contribution in [-0.2, 0) is 0 Å². The number of hydrogen-bond acceptors (Lipinski definition) is 3. The van der Waals surface area contributed by atoms with Crippen LogP contribution in [0.4, 0.5) is 0 Å². The molecule has 0 aliphatic carbocycles. The second-order valence-corrected chi connectivity index (χ2v) is 3.00. The van der Waals surface area contributed by atoms with E-state index in [4.69, 9.17) is 0 Å². The lowest BCUT2D eigenvalue weighted by atomic mass is 10.1. The lowest BCUT2D eigenvalue weighted by Crippen LogP contribution is -2.24. The van der Waals surface area contributed by atoms with E-state index >= 15 is 0 Å². The van der Waals surface area contributed by atoms with Gasteiger partial charge < -0.3 is 15.5 Å². The van der Waals surface area contributed by atoms with Gasteiger partial charge in [-0.2, -0.15) is 0 Å². The summed E-state index contributed by atoms with van der Waals surface area (Å²) < 4.78 is 0.